The first-order valence-corrected chi connectivity index (χ1v) is 17.5. The Kier molecular flexibility index (Phi) is 7.79. The minimum atomic E-state index is 0.804. The second kappa shape index (κ2) is 13.0. The van der Waals surface area contributed by atoms with Crippen molar-refractivity contribution in [2.45, 2.75) is 13.5 Å². The van der Waals surface area contributed by atoms with Crippen LogP contribution >= 0.6 is 0 Å². The quantitative estimate of drug-likeness (QED) is 0.171. The van der Waals surface area contributed by atoms with E-state index in [2.05, 4.69) is 167 Å². The number of nitrogens with zero attached hydrogens (tertiary/aromatic N) is 3. The molecule has 3 nitrogen and oxygen atoms in total. The largest absolute Gasteiger partial charge is 0.340 e. The molecule has 0 spiro atoms. The number of hydrogen-bond donors (Lipinski definition) is 0. The average molecular weight is 654 g/mol. The zero-order chi connectivity index (χ0) is 34.1. The molecule has 0 aliphatic rings. The number of hydrogen-bond acceptors (Lipinski definition) is 2. The number of fused-ring (bicyclic) bond motifs is 2. The number of benzene rings is 6. The van der Waals surface area contributed by atoms with Gasteiger partial charge in [-0.1, -0.05) is 133 Å². The molecule has 0 fully saturated rings. The Bertz CT molecular complexity index is 2450. The number of rotatable bonds is 7. The van der Waals surface area contributed by atoms with Gasteiger partial charge in [-0.05, 0) is 97.2 Å². The monoisotopic (exact) mass is 653 g/mol. The fourth-order valence-electron chi connectivity index (χ4n) is 7.50. The molecule has 0 saturated carbocycles. The smallest absolute Gasteiger partial charge is 0.0571 e. The van der Waals surface area contributed by atoms with E-state index in [0.717, 1.165) is 28.8 Å². The van der Waals surface area contributed by atoms with Gasteiger partial charge in [0.15, 0.2) is 0 Å². The van der Waals surface area contributed by atoms with E-state index in [4.69, 9.17) is 0 Å². The summed E-state index contributed by atoms with van der Waals surface area (Å²) in [6, 6.07) is 57.3. The van der Waals surface area contributed by atoms with Gasteiger partial charge in [-0.2, -0.15) is 0 Å². The van der Waals surface area contributed by atoms with Crippen molar-refractivity contribution < 1.29 is 0 Å². The molecule has 3 heterocycles. The first-order valence-electron chi connectivity index (χ1n) is 17.5. The molecule has 9 rings (SSSR count). The molecular formula is C48H35N3. The Hall–Kier alpha value is -6.58. The van der Waals surface area contributed by atoms with E-state index in [1.165, 1.54) is 66.3 Å². The van der Waals surface area contributed by atoms with Crippen LogP contribution in [0.3, 0.4) is 0 Å². The minimum Gasteiger partial charge on any atom is -0.340 e. The summed E-state index contributed by atoms with van der Waals surface area (Å²) in [5, 5.41) is 4.93. The molecular weight excluding hydrogens is 619 g/mol. The maximum absolute atomic E-state index is 4.38. The molecule has 0 aliphatic heterocycles. The third kappa shape index (κ3) is 5.59. The number of aromatic nitrogens is 3. The van der Waals surface area contributed by atoms with E-state index >= 15 is 0 Å². The topological polar surface area (TPSA) is 30.7 Å². The molecule has 3 aromatic heterocycles. The van der Waals surface area contributed by atoms with Gasteiger partial charge in [0.1, 0.15) is 0 Å². The highest BCUT2D eigenvalue weighted by molar-refractivity contribution is 6.04. The Morgan fingerprint density at radius 2 is 0.765 bits per heavy atom. The second-order valence-corrected chi connectivity index (χ2v) is 13.0. The summed E-state index contributed by atoms with van der Waals surface area (Å²) in [5.41, 5.74) is 14.1. The van der Waals surface area contributed by atoms with Crippen LogP contribution in [0.15, 0.2) is 183 Å². The molecule has 0 bridgehead atoms. The summed E-state index contributed by atoms with van der Waals surface area (Å²) in [7, 11) is 0. The van der Waals surface area contributed by atoms with E-state index < -0.39 is 0 Å². The molecule has 3 heteroatoms. The van der Waals surface area contributed by atoms with Crippen LogP contribution in [-0.4, -0.2) is 14.5 Å². The van der Waals surface area contributed by atoms with Gasteiger partial charge in [0.05, 0.1) is 11.4 Å². The van der Waals surface area contributed by atoms with E-state index in [1.807, 2.05) is 36.9 Å². The lowest BCUT2D eigenvalue weighted by atomic mass is 9.89. The minimum absolute atomic E-state index is 0.804. The molecule has 0 unspecified atom stereocenters. The molecule has 0 N–H and O–H groups in total. The highest BCUT2D eigenvalue weighted by Gasteiger charge is 2.27. The summed E-state index contributed by atoms with van der Waals surface area (Å²) in [6.45, 7) is 3.07. The Morgan fingerprint density at radius 3 is 1.16 bits per heavy atom. The van der Waals surface area contributed by atoms with Gasteiger partial charge in [-0.15, -0.1) is 0 Å². The van der Waals surface area contributed by atoms with Gasteiger partial charge in [0.2, 0.25) is 0 Å². The van der Waals surface area contributed by atoms with Crippen molar-refractivity contribution in [1.82, 2.24) is 14.5 Å². The van der Waals surface area contributed by atoms with Crippen LogP contribution in [0.5, 0.6) is 0 Å². The SMILES string of the molecule is CCn1c(-c2ccc3ccccc3c2)c(-c2ccc(-c3cccnc3)cc2)c(-c2ccc(-c3cccnc3)cc2)c1-c1ccc2ccccc2c1. The standard InChI is InChI=1S/C48H35N3/c1-2-51-47(41-25-19-33-9-3-5-11-39(33)29-41)45(37-21-15-35(16-22-37)43-13-7-27-49-31-43)46(38-23-17-36(18-24-38)44-14-8-28-50-32-44)48(51)42-26-20-34-10-4-6-12-40(34)30-42/h3-32H,2H2,1H3. The van der Waals surface area contributed by atoms with Gasteiger partial charge in [0, 0.05) is 42.5 Å². The average Bonchev–Trinajstić information content (AvgIpc) is 3.56. The third-order valence-corrected chi connectivity index (χ3v) is 9.96. The molecule has 0 atom stereocenters. The second-order valence-electron chi connectivity index (χ2n) is 13.0. The van der Waals surface area contributed by atoms with E-state index in [0.29, 0.717) is 0 Å². The molecule has 0 saturated heterocycles. The van der Waals surface area contributed by atoms with Gasteiger partial charge >= 0.3 is 0 Å². The molecule has 9 aromatic rings. The van der Waals surface area contributed by atoms with Crippen LogP contribution in [0.25, 0.3) is 88.6 Å². The van der Waals surface area contributed by atoms with Crippen molar-refractivity contribution in [2.75, 3.05) is 0 Å². The molecule has 51 heavy (non-hydrogen) atoms. The summed E-state index contributed by atoms with van der Waals surface area (Å²) >= 11 is 0. The third-order valence-electron chi connectivity index (χ3n) is 9.96. The van der Waals surface area contributed by atoms with Crippen LogP contribution in [0.1, 0.15) is 6.92 Å². The van der Waals surface area contributed by atoms with Gasteiger partial charge < -0.3 is 4.57 Å². The Balaban J connectivity index is 1.36. The zero-order valence-corrected chi connectivity index (χ0v) is 28.4. The van der Waals surface area contributed by atoms with Crippen molar-refractivity contribution in [3.8, 4) is 67.0 Å². The van der Waals surface area contributed by atoms with Crippen molar-refractivity contribution in [3.05, 3.63) is 183 Å². The van der Waals surface area contributed by atoms with E-state index in [-0.39, 0.29) is 0 Å². The van der Waals surface area contributed by atoms with Crippen LogP contribution < -0.4 is 0 Å². The maximum atomic E-state index is 4.38. The Labute approximate surface area is 298 Å². The molecule has 0 aliphatic carbocycles. The van der Waals surface area contributed by atoms with Crippen LogP contribution in [0, 0.1) is 0 Å². The predicted octanol–water partition coefficient (Wildman–Crippen LogP) is 12.6. The van der Waals surface area contributed by atoms with Gasteiger partial charge in [-0.25, -0.2) is 0 Å². The lowest BCUT2D eigenvalue weighted by Gasteiger charge is -2.15. The highest BCUT2D eigenvalue weighted by atomic mass is 15.0. The predicted molar refractivity (Wildman–Crippen MR) is 213 cm³/mol. The van der Waals surface area contributed by atoms with Gasteiger partial charge in [-0.3, -0.25) is 9.97 Å². The zero-order valence-electron chi connectivity index (χ0n) is 28.4. The number of pyridine rings is 2. The normalized spacial score (nSPS) is 11.3. The molecule has 0 amide bonds. The summed E-state index contributed by atoms with van der Waals surface area (Å²) < 4.78 is 2.53. The first-order chi connectivity index (χ1) is 25.2. The lowest BCUT2D eigenvalue weighted by Crippen LogP contribution is -2.00. The van der Waals surface area contributed by atoms with E-state index in [1.54, 1.807) is 0 Å². The summed E-state index contributed by atoms with van der Waals surface area (Å²) in [5.74, 6) is 0. The van der Waals surface area contributed by atoms with Crippen LogP contribution in [0.4, 0.5) is 0 Å². The summed E-state index contributed by atoms with van der Waals surface area (Å²) in [6.07, 6.45) is 7.50. The molecule has 0 radical (unpaired) electrons. The molecule has 242 valence electrons. The van der Waals surface area contributed by atoms with Crippen molar-refractivity contribution >= 4 is 21.5 Å². The fourth-order valence-corrected chi connectivity index (χ4v) is 7.50. The highest BCUT2D eigenvalue weighted by Crippen LogP contribution is 2.49. The van der Waals surface area contributed by atoms with Crippen molar-refractivity contribution in [3.63, 3.8) is 0 Å². The first kappa shape index (κ1) is 30.5. The summed E-state index contributed by atoms with van der Waals surface area (Å²) in [4.78, 5) is 8.75. The van der Waals surface area contributed by atoms with Crippen LogP contribution in [0.2, 0.25) is 0 Å². The van der Waals surface area contributed by atoms with Gasteiger partial charge in [0.25, 0.3) is 0 Å². The fraction of sp³-hybridized carbons (Fsp3) is 0.0417. The maximum Gasteiger partial charge on any atom is 0.0571 e. The van der Waals surface area contributed by atoms with Crippen molar-refractivity contribution in [2.24, 2.45) is 0 Å². The lowest BCUT2D eigenvalue weighted by molar-refractivity contribution is 0.786. The van der Waals surface area contributed by atoms with Crippen molar-refractivity contribution in [1.29, 1.82) is 0 Å². The Morgan fingerprint density at radius 1 is 0.373 bits per heavy atom. The van der Waals surface area contributed by atoms with E-state index in [9.17, 15) is 0 Å². The van der Waals surface area contributed by atoms with Crippen LogP contribution in [-0.2, 0) is 6.54 Å². The molecule has 6 aromatic carbocycles.